The number of urea groups is 1. The van der Waals surface area contributed by atoms with Crippen molar-refractivity contribution in [2.75, 3.05) is 26.4 Å². The summed E-state index contributed by atoms with van der Waals surface area (Å²) in [5, 5.41) is 11.2. The van der Waals surface area contributed by atoms with Crippen LogP contribution in [0.2, 0.25) is 0 Å². The molecule has 0 aromatic heterocycles. The zero-order valence-corrected chi connectivity index (χ0v) is 35.5. The maximum Gasteiger partial charge on any atom is 0.315 e. The van der Waals surface area contributed by atoms with Crippen LogP contribution < -0.4 is 21.3 Å². The van der Waals surface area contributed by atoms with Gasteiger partial charge in [-0.05, 0) is 46.5 Å². The van der Waals surface area contributed by atoms with Crippen molar-refractivity contribution in [1.29, 1.82) is 0 Å². The van der Waals surface area contributed by atoms with E-state index in [0.717, 1.165) is 29.0 Å². The number of nitrogens with zero attached hydrogens (tertiary/aromatic N) is 2. The lowest BCUT2D eigenvalue weighted by atomic mass is 9.85. The number of amides is 5. The molecule has 3 fully saturated rings. The summed E-state index contributed by atoms with van der Waals surface area (Å²) in [6.45, 7) is 15.4. The van der Waals surface area contributed by atoms with Crippen LogP contribution in [0.15, 0.2) is 30.3 Å². The summed E-state index contributed by atoms with van der Waals surface area (Å²) in [5.41, 5.74) is -0.746. The highest BCUT2D eigenvalue weighted by Crippen LogP contribution is 2.65. The van der Waals surface area contributed by atoms with Crippen molar-refractivity contribution in [3.05, 3.63) is 35.9 Å². The molecule has 4 N–H and O–H groups in total. The number of piperidine rings is 1. The van der Waals surface area contributed by atoms with Crippen molar-refractivity contribution in [1.82, 2.24) is 30.5 Å². The first kappa shape index (κ1) is 45.3. The maximum atomic E-state index is 14.5. The van der Waals surface area contributed by atoms with Gasteiger partial charge in [0.2, 0.25) is 34.2 Å². The van der Waals surface area contributed by atoms with Crippen molar-refractivity contribution in [2.45, 2.75) is 137 Å². The minimum atomic E-state index is -3.54. The molecule has 13 nitrogen and oxygen atoms in total. The summed E-state index contributed by atoms with van der Waals surface area (Å²) >= 11 is 0. The number of fused-ring (bicyclic) bond motifs is 1. The third kappa shape index (κ3) is 11.4. The fourth-order valence-electron chi connectivity index (χ4n) is 8.08. The van der Waals surface area contributed by atoms with E-state index in [0.29, 0.717) is 19.4 Å². The summed E-state index contributed by atoms with van der Waals surface area (Å²) < 4.78 is 59.7. The first-order valence-electron chi connectivity index (χ1n) is 19.7. The van der Waals surface area contributed by atoms with Crippen LogP contribution in [0.25, 0.3) is 0 Å². The molecule has 1 aromatic carbocycles. The molecule has 1 saturated heterocycles. The Bertz CT molecular complexity index is 1670. The highest BCUT2D eigenvalue weighted by atomic mass is 32.2. The summed E-state index contributed by atoms with van der Waals surface area (Å²) in [6.07, 6.45) is -0.0347. The molecule has 0 spiro atoms. The number of alkyl halides is 2. The fourth-order valence-corrected chi connectivity index (χ4v) is 8.50. The lowest BCUT2D eigenvalue weighted by Gasteiger charge is -2.39. The van der Waals surface area contributed by atoms with Crippen molar-refractivity contribution < 1.29 is 41.1 Å². The molecule has 56 heavy (non-hydrogen) atoms. The Balaban J connectivity index is 1.51. The zero-order valence-electron chi connectivity index (χ0n) is 34.7. The second-order valence-electron chi connectivity index (χ2n) is 18.7. The number of hydrogen-bond acceptors (Lipinski definition) is 7. The topological polar surface area (TPSA) is 166 Å². The molecule has 2 aliphatic carbocycles. The van der Waals surface area contributed by atoms with Crippen LogP contribution >= 0.6 is 0 Å². The van der Waals surface area contributed by atoms with Gasteiger partial charge in [-0.25, -0.2) is 26.3 Å². The first-order chi connectivity index (χ1) is 25.8. The number of rotatable bonds is 15. The molecule has 0 unspecified atom stereocenters. The molecule has 16 heteroatoms. The van der Waals surface area contributed by atoms with Gasteiger partial charge in [-0.3, -0.25) is 14.4 Å². The smallest absolute Gasteiger partial charge is 0.315 e. The Morgan fingerprint density at radius 2 is 1.59 bits per heavy atom. The van der Waals surface area contributed by atoms with E-state index in [4.69, 9.17) is 4.74 Å². The minimum Gasteiger partial charge on any atom is -0.371 e. The number of sulfonamides is 1. The largest absolute Gasteiger partial charge is 0.371 e. The summed E-state index contributed by atoms with van der Waals surface area (Å²) in [6, 6.07) is 4.12. The first-order valence-corrected chi connectivity index (χ1v) is 21.5. The lowest BCUT2D eigenvalue weighted by molar-refractivity contribution is -0.144. The van der Waals surface area contributed by atoms with E-state index >= 15 is 0 Å². The number of likely N-dealkylation sites (tertiary alicyclic amines) is 1. The quantitative estimate of drug-likeness (QED) is 0.205. The number of nitrogens with one attached hydrogen (secondary N) is 4. The van der Waals surface area contributed by atoms with Crippen LogP contribution in [0.3, 0.4) is 0 Å². The predicted molar refractivity (Wildman–Crippen MR) is 210 cm³/mol. The Labute approximate surface area is 331 Å². The number of carbonyl (C=O) groups excluding carboxylic acids is 4. The Morgan fingerprint density at radius 1 is 0.964 bits per heavy atom. The third-order valence-corrected chi connectivity index (χ3v) is 13.2. The van der Waals surface area contributed by atoms with Crippen molar-refractivity contribution in [3.63, 3.8) is 0 Å². The zero-order chi connectivity index (χ0) is 42.0. The number of halogens is 2. The molecule has 2 saturated carbocycles. The van der Waals surface area contributed by atoms with E-state index in [1.807, 2.05) is 65.0 Å². The highest BCUT2D eigenvalue weighted by molar-refractivity contribution is 7.88. The normalized spacial score (nSPS) is 25.2. The van der Waals surface area contributed by atoms with Crippen LogP contribution in [-0.2, 0) is 35.8 Å². The maximum absolute atomic E-state index is 14.5. The Hall–Kier alpha value is -3.37. The molecule has 316 valence electrons. The number of benzene rings is 1. The number of ether oxygens (including phenoxy) is 1. The van der Waals surface area contributed by atoms with Gasteiger partial charge in [-0.2, -0.15) is 0 Å². The van der Waals surface area contributed by atoms with Crippen LogP contribution in [0.1, 0.15) is 93.1 Å². The summed E-state index contributed by atoms with van der Waals surface area (Å²) in [7, 11) is -2.12. The van der Waals surface area contributed by atoms with Crippen LogP contribution in [0, 0.1) is 28.1 Å². The van der Waals surface area contributed by atoms with Gasteiger partial charge < -0.3 is 30.9 Å². The number of carbonyl (C=O) groups is 4. The van der Waals surface area contributed by atoms with Gasteiger partial charge in [-0.1, -0.05) is 98.6 Å². The summed E-state index contributed by atoms with van der Waals surface area (Å²) in [4.78, 5) is 57.4. The molecule has 0 radical (unpaired) electrons. The van der Waals surface area contributed by atoms with E-state index < -0.39 is 87.7 Å². The molecule has 5 amide bonds. The molecular weight excluding hydrogens is 747 g/mol. The molecule has 8 atom stereocenters. The van der Waals surface area contributed by atoms with Crippen LogP contribution in [-0.4, -0.2) is 111 Å². The van der Waals surface area contributed by atoms with Gasteiger partial charge in [-0.15, -0.1) is 0 Å². The highest BCUT2D eigenvalue weighted by Gasteiger charge is 2.70. The van der Waals surface area contributed by atoms with Crippen molar-refractivity contribution in [2.24, 2.45) is 28.1 Å². The van der Waals surface area contributed by atoms with Gasteiger partial charge in [0.1, 0.15) is 18.1 Å². The SMILES string of the molecule is CN(C[C@@H](NC(=O)N[C@H](C(=O)N1C[C@H]2[C@@H]([C@H]1C(=O)N[C@@H](CC(F)F)C(=O)N[C@H]1CCCC[C@H]1OCc1ccccc1)C2(C)C)C(C)(C)C)C(C)(C)C)S(C)(=O)=O. The van der Waals surface area contributed by atoms with Gasteiger partial charge in [0.05, 0.1) is 25.0 Å². The van der Waals surface area contributed by atoms with Crippen LogP contribution in [0.4, 0.5) is 13.6 Å². The molecular formula is C40H64F2N6O7S. The molecule has 1 aromatic rings. The van der Waals surface area contributed by atoms with Crippen molar-refractivity contribution in [3.8, 4) is 0 Å². The van der Waals surface area contributed by atoms with E-state index in [9.17, 15) is 36.4 Å². The van der Waals surface area contributed by atoms with Gasteiger partial charge in [0.25, 0.3) is 0 Å². The lowest BCUT2D eigenvalue weighted by Crippen LogP contribution is -2.63. The average Bonchev–Trinajstić information content (AvgIpc) is 3.39. The second-order valence-corrected chi connectivity index (χ2v) is 20.8. The average molecular weight is 811 g/mol. The van der Waals surface area contributed by atoms with Gasteiger partial charge in [0.15, 0.2) is 0 Å². The van der Waals surface area contributed by atoms with E-state index in [-0.39, 0.29) is 36.4 Å². The molecule has 1 aliphatic heterocycles. The molecule has 4 rings (SSSR count). The number of hydrogen-bond donors (Lipinski definition) is 4. The third-order valence-electron chi connectivity index (χ3n) is 11.9. The van der Waals surface area contributed by atoms with E-state index in [1.165, 1.54) is 11.9 Å². The standard InChI is InChI=1S/C40H64F2N6O7S/c1-38(2,3)29(22-47(9)56(10,53)54)45-37(52)46-33(39(4,5)6)36(51)48-21-25-31(40(25,7)8)32(48)35(50)44-27(20-30(41)42)34(49)43-26-18-14-15-19-28(26)55-23-24-16-12-11-13-17-24/h11-13,16-17,25-33H,14-15,18-23H2,1-10H3,(H,43,49)(H,44,50)(H2,45,46,52)/t25-,26-,27-,28+,29+,31-,32-,33+/m0/s1. The monoisotopic (exact) mass is 810 g/mol. The van der Waals surface area contributed by atoms with Gasteiger partial charge >= 0.3 is 6.03 Å². The van der Waals surface area contributed by atoms with Crippen molar-refractivity contribution >= 4 is 33.8 Å². The Kier molecular flexibility index (Phi) is 14.3. The second kappa shape index (κ2) is 17.6. The fraction of sp³-hybridized carbons (Fsp3) is 0.750. The molecule has 3 aliphatic rings. The predicted octanol–water partition coefficient (Wildman–Crippen LogP) is 4.27. The van der Waals surface area contributed by atoms with E-state index in [1.54, 1.807) is 20.8 Å². The summed E-state index contributed by atoms with van der Waals surface area (Å²) in [5.74, 6) is -2.30. The Morgan fingerprint density at radius 3 is 2.16 bits per heavy atom. The van der Waals surface area contributed by atoms with Crippen LogP contribution in [0.5, 0.6) is 0 Å². The molecule has 0 bridgehead atoms. The van der Waals surface area contributed by atoms with E-state index in [2.05, 4.69) is 21.3 Å². The van der Waals surface area contributed by atoms with Gasteiger partial charge in [0, 0.05) is 32.6 Å². The minimum absolute atomic E-state index is 0.00776. The number of likely N-dealkylation sites (N-methyl/N-ethyl adjacent to an activating group) is 1. The molecule has 1 heterocycles.